The second-order valence-electron chi connectivity index (χ2n) is 6.78. The molecule has 5 nitrogen and oxygen atoms in total. The van der Waals surface area contributed by atoms with Gasteiger partial charge in [-0.3, -0.25) is 14.9 Å². The van der Waals surface area contributed by atoms with Crippen molar-refractivity contribution in [3.05, 3.63) is 57.7 Å². The van der Waals surface area contributed by atoms with Gasteiger partial charge in [0.25, 0.3) is 0 Å². The summed E-state index contributed by atoms with van der Waals surface area (Å²) < 4.78 is 2.59. The lowest BCUT2D eigenvalue weighted by molar-refractivity contribution is 0.0982. The summed E-state index contributed by atoms with van der Waals surface area (Å²) in [7, 11) is 0. The van der Waals surface area contributed by atoms with Gasteiger partial charge in [-0.15, -0.1) is 11.3 Å². The van der Waals surface area contributed by atoms with E-state index in [9.17, 15) is 0 Å². The van der Waals surface area contributed by atoms with Gasteiger partial charge in [-0.25, -0.2) is 4.68 Å². The molecule has 136 valence electrons. The van der Waals surface area contributed by atoms with Gasteiger partial charge in [-0.05, 0) is 36.2 Å². The van der Waals surface area contributed by atoms with Gasteiger partial charge in [-0.2, -0.15) is 4.98 Å². The van der Waals surface area contributed by atoms with Gasteiger partial charge in [0.2, 0.25) is 4.77 Å². The number of aromatic nitrogens is 3. The molecule has 0 atom stereocenters. The first-order valence-corrected chi connectivity index (χ1v) is 10.2. The third-order valence-electron chi connectivity index (χ3n) is 4.73. The first-order chi connectivity index (χ1) is 12.7. The van der Waals surface area contributed by atoms with Crippen LogP contribution >= 0.6 is 23.6 Å². The molecule has 1 saturated heterocycles. The minimum absolute atomic E-state index is 0.621. The number of aromatic amines is 1. The molecular formula is C19H23N5S2. The first kappa shape index (κ1) is 17.6. The van der Waals surface area contributed by atoms with E-state index in [0.717, 1.165) is 50.1 Å². The van der Waals surface area contributed by atoms with E-state index in [2.05, 4.69) is 62.5 Å². The average molecular weight is 386 g/mol. The smallest absolute Gasteiger partial charge is 0.217 e. The van der Waals surface area contributed by atoms with Gasteiger partial charge >= 0.3 is 0 Å². The Kier molecular flexibility index (Phi) is 5.31. The van der Waals surface area contributed by atoms with E-state index < -0.39 is 0 Å². The van der Waals surface area contributed by atoms with Crippen LogP contribution in [0.5, 0.6) is 0 Å². The molecule has 0 unspecified atom stereocenters. The van der Waals surface area contributed by atoms with Gasteiger partial charge in [0.15, 0.2) is 5.82 Å². The number of benzene rings is 1. The molecule has 0 radical (unpaired) electrons. The standard InChI is InChI=1S/C19H23N5S2/c1-15-4-2-5-16(12-15)13-22-7-9-23(10-8-22)14-24-19(25)20-18(21-24)17-6-3-11-26-17/h2-6,11-12H,7-10,13-14H2,1H3,(H,20,21,25). The zero-order valence-electron chi connectivity index (χ0n) is 14.9. The summed E-state index contributed by atoms with van der Waals surface area (Å²) in [6.45, 7) is 8.19. The Morgan fingerprint density at radius 1 is 1.12 bits per heavy atom. The van der Waals surface area contributed by atoms with Crippen molar-refractivity contribution in [2.45, 2.75) is 20.1 Å². The molecule has 0 spiro atoms. The Hall–Kier alpha value is -1.80. The van der Waals surface area contributed by atoms with Crippen LogP contribution in [0.15, 0.2) is 41.8 Å². The van der Waals surface area contributed by atoms with E-state index >= 15 is 0 Å². The molecule has 4 rings (SSSR count). The quantitative estimate of drug-likeness (QED) is 0.679. The number of hydrogen-bond donors (Lipinski definition) is 1. The number of rotatable bonds is 5. The number of nitrogens with zero attached hydrogens (tertiary/aromatic N) is 4. The van der Waals surface area contributed by atoms with Crippen molar-refractivity contribution in [3.8, 4) is 10.7 Å². The second kappa shape index (κ2) is 7.84. The molecular weight excluding hydrogens is 362 g/mol. The molecule has 1 aliphatic heterocycles. The van der Waals surface area contributed by atoms with Crippen molar-refractivity contribution >= 4 is 23.6 Å². The summed E-state index contributed by atoms with van der Waals surface area (Å²) in [5.41, 5.74) is 2.73. The molecule has 0 saturated carbocycles. The summed E-state index contributed by atoms with van der Waals surface area (Å²) in [6.07, 6.45) is 0. The van der Waals surface area contributed by atoms with Crippen LogP contribution in [0, 0.1) is 11.7 Å². The summed E-state index contributed by atoms with van der Waals surface area (Å²) >= 11 is 7.10. The van der Waals surface area contributed by atoms with Crippen molar-refractivity contribution in [2.24, 2.45) is 0 Å². The highest BCUT2D eigenvalue weighted by Gasteiger charge is 2.18. The molecule has 0 amide bonds. The van der Waals surface area contributed by atoms with Crippen LogP contribution in [0.1, 0.15) is 11.1 Å². The molecule has 1 aliphatic rings. The Balaban J connectivity index is 1.33. The topological polar surface area (TPSA) is 40.1 Å². The SMILES string of the molecule is Cc1cccc(CN2CCN(Cn3[nH]c(-c4cccs4)nc3=S)CC2)c1. The fraction of sp³-hybridized carbons (Fsp3) is 0.368. The number of piperazine rings is 1. The normalized spacial score (nSPS) is 16.2. The Bertz CT molecular complexity index is 904. The fourth-order valence-corrected chi connectivity index (χ4v) is 4.19. The predicted molar refractivity (Wildman–Crippen MR) is 109 cm³/mol. The van der Waals surface area contributed by atoms with E-state index in [4.69, 9.17) is 12.2 Å². The summed E-state index contributed by atoms with van der Waals surface area (Å²) in [4.78, 5) is 10.6. The maximum absolute atomic E-state index is 5.43. The number of aryl methyl sites for hydroxylation is 1. The van der Waals surface area contributed by atoms with Crippen LogP contribution in [0.25, 0.3) is 10.7 Å². The lowest BCUT2D eigenvalue weighted by Crippen LogP contribution is -2.46. The Labute approximate surface area is 162 Å². The molecule has 0 bridgehead atoms. The number of H-pyrrole nitrogens is 1. The van der Waals surface area contributed by atoms with Crippen molar-refractivity contribution in [1.82, 2.24) is 24.6 Å². The zero-order valence-corrected chi connectivity index (χ0v) is 16.5. The summed E-state index contributed by atoms with van der Waals surface area (Å²) in [5.74, 6) is 0.864. The van der Waals surface area contributed by atoms with Gasteiger partial charge in [0.1, 0.15) is 0 Å². The minimum Gasteiger partial charge on any atom is -0.297 e. The lowest BCUT2D eigenvalue weighted by atomic mass is 10.1. The number of thiophene rings is 1. The van der Waals surface area contributed by atoms with Gasteiger partial charge in [-0.1, -0.05) is 35.9 Å². The molecule has 2 aromatic heterocycles. The Morgan fingerprint density at radius 2 is 1.92 bits per heavy atom. The van der Waals surface area contributed by atoms with E-state index in [-0.39, 0.29) is 0 Å². The molecule has 3 aromatic rings. The van der Waals surface area contributed by atoms with Crippen LogP contribution in [0.2, 0.25) is 0 Å². The van der Waals surface area contributed by atoms with Crippen LogP contribution < -0.4 is 0 Å². The molecule has 3 heterocycles. The number of nitrogens with one attached hydrogen (secondary N) is 1. The van der Waals surface area contributed by atoms with Gasteiger partial charge < -0.3 is 0 Å². The molecule has 1 fully saturated rings. The minimum atomic E-state index is 0.621. The predicted octanol–water partition coefficient (Wildman–Crippen LogP) is 3.75. The molecule has 1 aromatic carbocycles. The Morgan fingerprint density at radius 3 is 2.65 bits per heavy atom. The number of hydrogen-bond acceptors (Lipinski definition) is 5. The summed E-state index contributed by atoms with van der Waals surface area (Å²) in [5, 5.41) is 5.40. The van der Waals surface area contributed by atoms with Crippen LogP contribution in [-0.4, -0.2) is 50.7 Å². The van der Waals surface area contributed by atoms with E-state index in [1.807, 2.05) is 10.7 Å². The fourth-order valence-electron chi connectivity index (χ4n) is 3.33. The highest BCUT2D eigenvalue weighted by atomic mass is 32.1. The van der Waals surface area contributed by atoms with E-state index in [0.29, 0.717) is 4.77 Å². The zero-order chi connectivity index (χ0) is 17.9. The van der Waals surface area contributed by atoms with Crippen molar-refractivity contribution in [1.29, 1.82) is 0 Å². The van der Waals surface area contributed by atoms with Gasteiger partial charge in [0, 0.05) is 32.7 Å². The van der Waals surface area contributed by atoms with Crippen LogP contribution in [-0.2, 0) is 13.2 Å². The van der Waals surface area contributed by atoms with Crippen molar-refractivity contribution < 1.29 is 0 Å². The van der Waals surface area contributed by atoms with Crippen LogP contribution in [0.3, 0.4) is 0 Å². The van der Waals surface area contributed by atoms with Crippen molar-refractivity contribution in [2.75, 3.05) is 26.2 Å². The maximum Gasteiger partial charge on any atom is 0.217 e. The maximum atomic E-state index is 5.43. The molecule has 7 heteroatoms. The molecule has 0 aliphatic carbocycles. The van der Waals surface area contributed by atoms with E-state index in [1.165, 1.54) is 11.1 Å². The summed E-state index contributed by atoms with van der Waals surface area (Å²) in [6, 6.07) is 12.9. The van der Waals surface area contributed by atoms with Crippen LogP contribution in [0.4, 0.5) is 0 Å². The largest absolute Gasteiger partial charge is 0.297 e. The van der Waals surface area contributed by atoms with Gasteiger partial charge in [0.05, 0.1) is 11.5 Å². The molecule has 1 N–H and O–H groups in total. The van der Waals surface area contributed by atoms with E-state index in [1.54, 1.807) is 11.3 Å². The average Bonchev–Trinajstić information content (AvgIpc) is 3.27. The molecule has 26 heavy (non-hydrogen) atoms. The third kappa shape index (κ3) is 4.12. The highest BCUT2D eigenvalue weighted by molar-refractivity contribution is 7.71. The lowest BCUT2D eigenvalue weighted by Gasteiger charge is -2.34. The highest BCUT2D eigenvalue weighted by Crippen LogP contribution is 2.20. The van der Waals surface area contributed by atoms with Crippen molar-refractivity contribution in [3.63, 3.8) is 0 Å². The second-order valence-corrected chi connectivity index (χ2v) is 8.10. The third-order valence-corrected chi connectivity index (χ3v) is 5.92. The monoisotopic (exact) mass is 385 g/mol. The first-order valence-electron chi connectivity index (χ1n) is 8.88.